The Hall–Kier alpha value is -2.69. The predicted octanol–water partition coefficient (Wildman–Crippen LogP) is -1.45. The number of carbonyl (C=O) groups excluding carboxylic acids is 5. The fourth-order valence-electron chi connectivity index (χ4n) is 2.26. The van der Waals surface area contributed by atoms with Crippen LogP contribution in [0.2, 0.25) is 0 Å². The molecule has 5 atom stereocenters. The average molecular weight is 361 g/mol. The van der Waals surface area contributed by atoms with Gasteiger partial charge in [0, 0.05) is 27.7 Å². The first-order valence-electron chi connectivity index (χ1n) is 7.16. The summed E-state index contributed by atoms with van der Waals surface area (Å²) in [5, 5.41) is 0. The van der Waals surface area contributed by atoms with E-state index in [2.05, 4.69) is 0 Å². The van der Waals surface area contributed by atoms with E-state index in [1.807, 2.05) is 0 Å². The van der Waals surface area contributed by atoms with Crippen LogP contribution in [-0.2, 0) is 47.7 Å². The molecule has 1 heterocycles. The topological polar surface area (TPSA) is 158 Å². The van der Waals surface area contributed by atoms with Crippen molar-refractivity contribution in [1.82, 2.24) is 0 Å². The number of hydrogen-bond donors (Lipinski definition) is 1. The molecule has 0 unspecified atom stereocenters. The second-order valence-electron chi connectivity index (χ2n) is 5.16. The summed E-state index contributed by atoms with van der Waals surface area (Å²) in [7, 11) is 0. The molecule has 1 aliphatic heterocycles. The largest absolute Gasteiger partial charge is 0.455 e. The standard InChI is InChI=1S/C14H19NO10/c1-5(16)21-9-10(22-6(2)17)12(23-7(3)18)14(24-8(4)19)25-11(9)13(15)20/h9-12,14H,1-4H3,(H2,15,20)/t9-,10-,11-,12+,14-/m0/s1. The van der Waals surface area contributed by atoms with Crippen LogP contribution in [0.1, 0.15) is 27.7 Å². The van der Waals surface area contributed by atoms with Gasteiger partial charge in [-0.15, -0.1) is 0 Å². The summed E-state index contributed by atoms with van der Waals surface area (Å²) in [5.41, 5.74) is 5.22. The summed E-state index contributed by atoms with van der Waals surface area (Å²) < 4.78 is 25.1. The minimum atomic E-state index is -1.61. The highest BCUT2D eigenvalue weighted by Gasteiger charge is 2.55. The third-order valence-electron chi connectivity index (χ3n) is 2.96. The zero-order valence-electron chi connectivity index (χ0n) is 14.0. The SMILES string of the molecule is CC(=O)O[C@H]1O[C@H](C(N)=O)[C@@H](OC(C)=O)[C@H](OC(C)=O)[C@H]1OC(C)=O. The molecule has 0 aliphatic carbocycles. The number of esters is 4. The van der Waals surface area contributed by atoms with Gasteiger partial charge in [0.15, 0.2) is 18.3 Å². The molecule has 140 valence electrons. The lowest BCUT2D eigenvalue weighted by molar-refractivity contribution is -0.290. The molecule has 0 aromatic rings. The number of hydrogen-bond acceptors (Lipinski definition) is 10. The Morgan fingerprint density at radius 2 is 1.08 bits per heavy atom. The van der Waals surface area contributed by atoms with Crippen LogP contribution in [-0.4, -0.2) is 60.5 Å². The first kappa shape index (κ1) is 20.4. The molecule has 1 amide bonds. The summed E-state index contributed by atoms with van der Waals surface area (Å²) in [4.78, 5) is 57.0. The Kier molecular flexibility index (Phi) is 6.86. The molecule has 0 bridgehead atoms. The van der Waals surface area contributed by atoms with Gasteiger partial charge in [-0.3, -0.25) is 24.0 Å². The lowest BCUT2D eigenvalue weighted by Gasteiger charge is -2.42. The predicted molar refractivity (Wildman–Crippen MR) is 76.3 cm³/mol. The lowest BCUT2D eigenvalue weighted by atomic mass is 9.97. The van der Waals surface area contributed by atoms with Crippen molar-refractivity contribution in [2.45, 2.75) is 58.4 Å². The molecule has 25 heavy (non-hydrogen) atoms. The molecule has 0 radical (unpaired) electrons. The van der Waals surface area contributed by atoms with E-state index in [1.54, 1.807) is 0 Å². The molecule has 11 heteroatoms. The minimum Gasteiger partial charge on any atom is -0.455 e. The van der Waals surface area contributed by atoms with Crippen molar-refractivity contribution in [2.24, 2.45) is 5.73 Å². The van der Waals surface area contributed by atoms with Crippen molar-refractivity contribution in [3.8, 4) is 0 Å². The lowest BCUT2D eigenvalue weighted by Crippen LogP contribution is -2.64. The highest BCUT2D eigenvalue weighted by Crippen LogP contribution is 2.29. The maximum atomic E-state index is 11.7. The third-order valence-corrected chi connectivity index (χ3v) is 2.96. The van der Waals surface area contributed by atoms with Crippen molar-refractivity contribution in [3.63, 3.8) is 0 Å². The van der Waals surface area contributed by atoms with Crippen LogP contribution < -0.4 is 5.73 Å². The fourth-order valence-corrected chi connectivity index (χ4v) is 2.26. The maximum absolute atomic E-state index is 11.7. The molecule has 1 aliphatic rings. The van der Waals surface area contributed by atoms with E-state index < -0.39 is 60.5 Å². The average Bonchev–Trinajstić information content (AvgIpc) is 2.42. The van der Waals surface area contributed by atoms with Crippen molar-refractivity contribution in [1.29, 1.82) is 0 Å². The van der Waals surface area contributed by atoms with Crippen LogP contribution in [0, 0.1) is 0 Å². The van der Waals surface area contributed by atoms with Gasteiger partial charge in [-0.2, -0.15) is 0 Å². The Morgan fingerprint density at radius 3 is 1.48 bits per heavy atom. The number of amides is 1. The molecule has 1 fully saturated rings. The molecular formula is C14H19NO10. The summed E-state index contributed by atoms with van der Waals surface area (Å²) in [6, 6.07) is 0. The van der Waals surface area contributed by atoms with Crippen LogP contribution in [0.15, 0.2) is 0 Å². The van der Waals surface area contributed by atoms with Crippen molar-refractivity contribution < 1.29 is 47.7 Å². The van der Waals surface area contributed by atoms with E-state index in [0.29, 0.717) is 0 Å². The van der Waals surface area contributed by atoms with Crippen LogP contribution in [0.3, 0.4) is 0 Å². The molecule has 1 rings (SSSR count). The van der Waals surface area contributed by atoms with Crippen molar-refractivity contribution in [2.75, 3.05) is 0 Å². The van der Waals surface area contributed by atoms with Gasteiger partial charge in [-0.05, 0) is 0 Å². The smallest absolute Gasteiger partial charge is 0.305 e. The zero-order chi connectivity index (χ0) is 19.3. The Balaban J connectivity index is 3.33. The van der Waals surface area contributed by atoms with Gasteiger partial charge in [-0.25, -0.2) is 0 Å². The summed E-state index contributed by atoms with van der Waals surface area (Å²) >= 11 is 0. The van der Waals surface area contributed by atoms with Crippen molar-refractivity contribution >= 4 is 29.8 Å². The fraction of sp³-hybridized carbons (Fsp3) is 0.643. The number of carbonyl (C=O) groups is 5. The Bertz CT molecular complexity index is 574. The minimum absolute atomic E-state index is 0.818. The van der Waals surface area contributed by atoms with Gasteiger partial charge in [0.05, 0.1) is 0 Å². The molecule has 2 N–H and O–H groups in total. The Labute approximate surface area is 142 Å². The highest BCUT2D eigenvalue weighted by atomic mass is 16.7. The van der Waals surface area contributed by atoms with E-state index >= 15 is 0 Å². The molecule has 0 aromatic heterocycles. The number of nitrogens with two attached hydrogens (primary N) is 1. The van der Waals surface area contributed by atoms with Crippen LogP contribution in [0.25, 0.3) is 0 Å². The summed E-state index contributed by atoms with van der Waals surface area (Å²) in [6.45, 7) is 4.19. The number of primary amides is 1. The normalized spacial score (nSPS) is 28.4. The second kappa shape index (κ2) is 8.42. The highest BCUT2D eigenvalue weighted by molar-refractivity contribution is 5.81. The van der Waals surface area contributed by atoms with Gasteiger partial charge in [0.25, 0.3) is 5.91 Å². The zero-order valence-corrected chi connectivity index (χ0v) is 14.0. The van der Waals surface area contributed by atoms with Gasteiger partial charge >= 0.3 is 23.9 Å². The quantitative estimate of drug-likeness (QED) is 0.454. The monoisotopic (exact) mass is 361 g/mol. The molecule has 0 aromatic carbocycles. The van der Waals surface area contributed by atoms with Gasteiger partial charge < -0.3 is 29.4 Å². The van der Waals surface area contributed by atoms with E-state index in [4.69, 9.17) is 29.4 Å². The first-order chi connectivity index (χ1) is 11.5. The van der Waals surface area contributed by atoms with Gasteiger partial charge in [0.2, 0.25) is 12.4 Å². The van der Waals surface area contributed by atoms with Gasteiger partial charge in [-0.1, -0.05) is 0 Å². The summed E-state index contributed by atoms with van der Waals surface area (Å²) in [6.07, 6.45) is -7.68. The van der Waals surface area contributed by atoms with E-state index in [1.165, 1.54) is 0 Å². The Morgan fingerprint density at radius 1 is 0.680 bits per heavy atom. The van der Waals surface area contributed by atoms with Crippen molar-refractivity contribution in [3.05, 3.63) is 0 Å². The maximum Gasteiger partial charge on any atom is 0.305 e. The molecule has 0 saturated carbocycles. The van der Waals surface area contributed by atoms with E-state index in [0.717, 1.165) is 27.7 Å². The van der Waals surface area contributed by atoms with E-state index in [-0.39, 0.29) is 0 Å². The molecule has 1 saturated heterocycles. The molecular weight excluding hydrogens is 342 g/mol. The first-order valence-corrected chi connectivity index (χ1v) is 7.16. The third kappa shape index (κ3) is 5.71. The molecule has 11 nitrogen and oxygen atoms in total. The van der Waals surface area contributed by atoms with Crippen LogP contribution in [0.5, 0.6) is 0 Å². The van der Waals surface area contributed by atoms with Gasteiger partial charge in [0.1, 0.15) is 0 Å². The van der Waals surface area contributed by atoms with E-state index in [9.17, 15) is 24.0 Å². The molecule has 0 spiro atoms. The number of rotatable bonds is 5. The number of ether oxygens (including phenoxy) is 5. The summed E-state index contributed by atoms with van der Waals surface area (Å²) in [5.74, 6) is -4.36. The van der Waals surface area contributed by atoms with Crippen LogP contribution >= 0.6 is 0 Å². The van der Waals surface area contributed by atoms with Crippen LogP contribution in [0.4, 0.5) is 0 Å². The second-order valence-corrected chi connectivity index (χ2v) is 5.16.